The third-order valence-electron chi connectivity index (χ3n) is 6.31. The van der Waals surface area contributed by atoms with Crippen LogP contribution in [-0.4, -0.2) is 24.6 Å². The van der Waals surface area contributed by atoms with Crippen molar-refractivity contribution in [3.8, 4) is 16.9 Å². The van der Waals surface area contributed by atoms with Gasteiger partial charge in [-0.1, -0.05) is 56.3 Å². The molecule has 0 bridgehead atoms. The van der Waals surface area contributed by atoms with Gasteiger partial charge in [-0.3, -0.25) is 0 Å². The van der Waals surface area contributed by atoms with Crippen LogP contribution < -0.4 is 4.74 Å². The Bertz CT molecular complexity index is 1190. The van der Waals surface area contributed by atoms with Crippen molar-refractivity contribution >= 4 is 6.09 Å². The number of rotatable bonds is 6. The van der Waals surface area contributed by atoms with E-state index in [1.165, 1.54) is 18.1 Å². The molecule has 0 radical (unpaired) electrons. The van der Waals surface area contributed by atoms with Gasteiger partial charge in [0.05, 0.1) is 12.7 Å². The van der Waals surface area contributed by atoms with Crippen molar-refractivity contribution in [3.05, 3.63) is 89.0 Å². The minimum absolute atomic E-state index is 0.00530. The number of carbonyl (C=O) groups is 1. The van der Waals surface area contributed by atoms with E-state index in [1.807, 2.05) is 62.4 Å². The van der Waals surface area contributed by atoms with E-state index in [1.54, 1.807) is 0 Å². The molecule has 184 valence electrons. The molecule has 0 aliphatic carbocycles. The zero-order chi connectivity index (χ0) is 25.2. The molecule has 0 spiro atoms. The number of benzene rings is 3. The molecule has 1 heterocycles. The highest BCUT2D eigenvalue weighted by Crippen LogP contribution is 2.39. The highest BCUT2D eigenvalue weighted by Gasteiger charge is 2.33. The number of nitrogens with zero attached hydrogens (tertiary/aromatic N) is 1. The molecular formula is C28H28F3NO3. The lowest BCUT2D eigenvalue weighted by molar-refractivity contribution is -0.137. The zero-order valence-corrected chi connectivity index (χ0v) is 19.9. The first-order valence-corrected chi connectivity index (χ1v) is 11.6. The van der Waals surface area contributed by atoms with Gasteiger partial charge in [-0.25, -0.2) is 4.79 Å². The number of cyclic esters (lactones) is 1. The first-order chi connectivity index (χ1) is 16.7. The molecule has 4 nitrogen and oxygen atoms in total. The molecule has 1 aliphatic rings. The number of methoxy groups -OCH3 is 1. The molecule has 35 heavy (non-hydrogen) atoms. The van der Waals surface area contributed by atoms with Crippen LogP contribution in [0.4, 0.5) is 18.0 Å². The quantitative estimate of drug-likeness (QED) is 0.363. The summed E-state index contributed by atoms with van der Waals surface area (Å²) in [5.74, 6) is 0.783. The van der Waals surface area contributed by atoms with Crippen LogP contribution in [0.2, 0.25) is 0 Å². The Balaban J connectivity index is 1.69. The second-order valence-electron chi connectivity index (χ2n) is 8.98. The van der Waals surface area contributed by atoms with Crippen molar-refractivity contribution in [1.82, 2.24) is 4.90 Å². The predicted molar refractivity (Wildman–Crippen MR) is 128 cm³/mol. The summed E-state index contributed by atoms with van der Waals surface area (Å²) in [6, 6.07) is 18.8. The van der Waals surface area contributed by atoms with Gasteiger partial charge < -0.3 is 14.4 Å². The molecule has 7 heteroatoms. The van der Waals surface area contributed by atoms with Gasteiger partial charge in [0, 0.05) is 25.1 Å². The standard InChI is InChI=1S/C28H28F3NO3/c1-18(2)20-9-12-26(34-3)24(16-20)23-11-10-22(28(29,30)31)15-21(23)17-32-14-13-25(35-27(32)33)19-7-5-4-6-8-19/h4-12,15-16,18,25H,13-14,17H2,1-3H3. The van der Waals surface area contributed by atoms with Gasteiger partial charge in [0.2, 0.25) is 0 Å². The second-order valence-corrected chi connectivity index (χ2v) is 8.98. The monoisotopic (exact) mass is 483 g/mol. The highest BCUT2D eigenvalue weighted by atomic mass is 19.4. The van der Waals surface area contributed by atoms with Gasteiger partial charge in [-0.15, -0.1) is 0 Å². The van der Waals surface area contributed by atoms with E-state index in [0.29, 0.717) is 35.4 Å². The third-order valence-corrected chi connectivity index (χ3v) is 6.31. The minimum atomic E-state index is -4.50. The highest BCUT2D eigenvalue weighted by molar-refractivity contribution is 5.76. The lowest BCUT2D eigenvalue weighted by Gasteiger charge is -2.32. The van der Waals surface area contributed by atoms with Gasteiger partial charge in [-0.2, -0.15) is 13.2 Å². The number of carbonyl (C=O) groups excluding carboxylic acids is 1. The zero-order valence-electron chi connectivity index (χ0n) is 19.9. The maximum atomic E-state index is 13.6. The second kappa shape index (κ2) is 10.0. The van der Waals surface area contributed by atoms with Crippen LogP contribution in [0.5, 0.6) is 5.75 Å². The summed E-state index contributed by atoms with van der Waals surface area (Å²) in [6.45, 7) is 4.46. The fraction of sp³-hybridized carbons (Fsp3) is 0.321. The number of hydrogen-bond donors (Lipinski definition) is 0. The van der Waals surface area contributed by atoms with E-state index in [4.69, 9.17) is 9.47 Å². The van der Waals surface area contributed by atoms with E-state index in [-0.39, 0.29) is 18.6 Å². The van der Waals surface area contributed by atoms with Crippen LogP contribution in [0.1, 0.15) is 54.5 Å². The molecule has 3 aromatic carbocycles. The molecule has 1 aliphatic heterocycles. The Morgan fingerprint density at radius 1 is 1.03 bits per heavy atom. The molecular weight excluding hydrogens is 455 g/mol. The maximum absolute atomic E-state index is 13.6. The number of hydrogen-bond acceptors (Lipinski definition) is 3. The van der Waals surface area contributed by atoms with Crippen molar-refractivity contribution < 1.29 is 27.4 Å². The Morgan fingerprint density at radius 2 is 1.77 bits per heavy atom. The molecule has 1 unspecified atom stereocenters. The Kier molecular flexibility index (Phi) is 7.05. The Hall–Kier alpha value is -3.48. The van der Waals surface area contributed by atoms with E-state index < -0.39 is 17.8 Å². The van der Waals surface area contributed by atoms with Crippen LogP contribution >= 0.6 is 0 Å². The molecule has 4 rings (SSSR count). The van der Waals surface area contributed by atoms with Crippen molar-refractivity contribution in [3.63, 3.8) is 0 Å². The molecule has 3 aromatic rings. The van der Waals surface area contributed by atoms with Gasteiger partial charge in [-0.05, 0) is 52.4 Å². The minimum Gasteiger partial charge on any atom is -0.496 e. The third kappa shape index (κ3) is 5.45. The average molecular weight is 484 g/mol. The summed E-state index contributed by atoms with van der Waals surface area (Å²) in [5.41, 5.74) is 2.84. The summed E-state index contributed by atoms with van der Waals surface area (Å²) in [6.07, 6.45) is -4.87. The molecule has 1 saturated heterocycles. The summed E-state index contributed by atoms with van der Waals surface area (Å²) in [5, 5.41) is 0. The first-order valence-electron chi connectivity index (χ1n) is 11.6. The normalized spacial score (nSPS) is 16.4. The smallest absolute Gasteiger partial charge is 0.416 e. The summed E-state index contributed by atoms with van der Waals surface area (Å²) in [4.78, 5) is 14.3. The summed E-state index contributed by atoms with van der Waals surface area (Å²) in [7, 11) is 1.53. The van der Waals surface area contributed by atoms with Crippen molar-refractivity contribution in [2.45, 2.75) is 45.0 Å². The van der Waals surface area contributed by atoms with Crippen LogP contribution in [0.25, 0.3) is 11.1 Å². The van der Waals surface area contributed by atoms with E-state index in [0.717, 1.165) is 23.3 Å². The molecule has 1 atom stereocenters. The molecule has 0 N–H and O–H groups in total. The summed E-state index contributed by atoms with van der Waals surface area (Å²) < 4.78 is 51.9. The predicted octanol–water partition coefficient (Wildman–Crippen LogP) is 7.59. The maximum Gasteiger partial charge on any atom is 0.416 e. The van der Waals surface area contributed by atoms with Crippen LogP contribution in [0.15, 0.2) is 66.7 Å². The number of amides is 1. The first kappa shape index (κ1) is 24.6. The van der Waals surface area contributed by atoms with Gasteiger partial charge in [0.15, 0.2) is 0 Å². The number of alkyl halides is 3. The number of halogens is 3. The van der Waals surface area contributed by atoms with Gasteiger partial charge in [0.1, 0.15) is 11.9 Å². The van der Waals surface area contributed by atoms with Gasteiger partial charge >= 0.3 is 12.3 Å². The molecule has 1 amide bonds. The SMILES string of the molecule is COc1ccc(C(C)C)cc1-c1ccc(C(F)(F)F)cc1CN1CCC(c2ccccc2)OC1=O. The number of ether oxygens (including phenoxy) is 2. The lowest BCUT2D eigenvalue weighted by atomic mass is 9.92. The van der Waals surface area contributed by atoms with Crippen LogP contribution in [-0.2, 0) is 17.5 Å². The average Bonchev–Trinajstić information content (AvgIpc) is 2.84. The molecule has 1 fully saturated rings. The van der Waals surface area contributed by atoms with E-state index in [9.17, 15) is 18.0 Å². The van der Waals surface area contributed by atoms with Crippen LogP contribution in [0, 0.1) is 0 Å². The Labute approximate surface area is 203 Å². The van der Waals surface area contributed by atoms with Crippen molar-refractivity contribution in [1.29, 1.82) is 0 Å². The topological polar surface area (TPSA) is 38.8 Å². The fourth-order valence-corrected chi connectivity index (χ4v) is 4.33. The Morgan fingerprint density at radius 3 is 2.40 bits per heavy atom. The largest absolute Gasteiger partial charge is 0.496 e. The van der Waals surface area contributed by atoms with Crippen molar-refractivity contribution in [2.24, 2.45) is 0 Å². The molecule has 0 aromatic heterocycles. The summed E-state index contributed by atoms with van der Waals surface area (Å²) >= 11 is 0. The van der Waals surface area contributed by atoms with Crippen LogP contribution in [0.3, 0.4) is 0 Å². The molecule has 0 saturated carbocycles. The fourth-order valence-electron chi connectivity index (χ4n) is 4.33. The van der Waals surface area contributed by atoms with Crippen molar-refractivity contribution in [2.75, 3.05) is 13.7 Å². The van der Waals surface area contributed by atoms with E-state index >= 15 is 0 Å². The lowest BCUT2D eigenvalue weighted by Crippen LogP contribution is -2.38. The van der Waals surface area contributed by atoms with Gasteiger partial charge in [0.25, 0.3) is 0 Å². The van der Waals surface area contributed by atoms with E-state index in [2.05, 4.69) is 0 Å².